The molecule has 0 amide bonds. The molecule has 1 N–H and O–H groups in total. The summed E-state index contributed by atoms with van der Waals surface area (Å²) in [4.78, 5) is 0. The average Bonchev–Trinajstić information content (AvgIpc) is 2.28. The van der Waals surface area contributed by atoms with Gasteiger partial charge in [-0.25, -0.2) is 4.39 Å². The molecule has 0 aromatic heterocycles. The largest absolute Gasteiger partial charge is 0.508 e. The van der Waals surface area contributed by atoms with Crippen LogP contribution in [0.5, 0.6) is 5.75 Å². The number of phenols is 1. The standard InChI is InChI=1S/C14H11FO/c15-14-7-2-1-5-12(14)9-8-11-4-3-6-13(16)10-11/h1-10,16H/b9-8+. The second kappa shape index (κ2) is 4.62. The van der Waals surface area contributed by atoms with Gasteiger partial charge >= 0.3 is 0 Å². The Labute approximate surface area is 93.5 Å². The summed E-state index contributed by atoms with van der Waals surface area (Å²) in [6.45, 7) is 0. The fraction of sp³-hybridized carbons (Fsp3) is 0. The van der Waals surface area contributed by atoms with E-state index >= 15 is 0 Å². The van der Waals surface area contributed by atoms with E-state index < -0.39 is 0 Å². The van der Waals surface area contributed by atoms with E-state index in [2.05, 4.69) is 0 Å². The van der Waals surface area contributed by atoms with Crippen LogP contribution < -0.4 is 0 Å². The molecule has 2 aromatic carbocycles. The van der Waals surface area contributed by atoms with E-state index in [0.717, 1.165) is 5.56 Å². The lowest BCUT2D eigenvalue weighted by Gasteiger charge is -1.96. The molecule has 16 heavy (non-hydrogen) atoms. The number of halogens is 1. The third kappa shape index (κ3) is 2.48. The normalized spacial score (nSPS) is 10.8. The van der Waals surface area contributed by atoms with E-state index in [1.54, 1.807) is 48.6 Å². The topological polar surface area (TPSA) is 20.2 Å². The van der Waals surface area contributed by atoms with Crippen molar-refractivity contribution in [1.29, 1.82) is 0 Å². The van der Waals surface area contributed by atoms with Crippen LogP contribution in [0.15, 0.2) is 48.5 Å². The summed E-state index contributed by atoms with van der Waals surface area (Å²) in [5.41, 5.74) is 1.37. The highest BCUT2D eigenvalue weighted by Gasteiger charge is 1.95. The second-order valence-corrected chi connectivity index (χ2v) is 3.45. The number of hydrogen-bond donors (Lipinski definition) is 1. The lowest BCUT2D eigenvalue weighted by Crippen LogP contribution is -1.79. The zero-order chi connectivity index (χ0) is 11.4. The van der Waals surface area contributed by atoms with Crippen LogP contribution in [0, 0.1) is 5.82 Å². The minimum atomic E-state index is -0.251. The van der Waals surface area contributed by atoms with Crippen molar-refractivity contribution in [1.82, 2.24) is 0 Å². The summed E-state index contributed by atoms with van der Waals surface area (Å²) in [5.74, 6) is -0.0467. The van der Waals surface area contributed by atoms with E-state index in [-0.39, 0.29) is 11.6 Å². The molecule has 0 unspecified atom stereocenters. The minimum Gasteiger partial charge on any atom is -0.508 e. The van der Waals surface area contributed by atoms with Crippen molar-refractivity contribution in [2.24, 2.45) is 0 Å². The molecule has 80 valence electrons. The van der Waals surface area contributed by atoms with Crippen LogP contribution in [0.1, 0.15) is 11.1 Å². The highest BCUT2D eigenvalue weighted by Crippen LogP contribution is 2.15. The average molecular weight is 214 g/mol. The summed E-state index contributed by atoms with van der Waals surface area (Å²) in [5, 5.41) is 9.26. The molecule has 1 nitrogen and oxygen atoms in total. The SMILES string of the molecule is Oc1cccc(/C=C/c2ccccc2F)c1. The molecule has 2 aromatic rings. The summed E-state index contributed by atoms with van der Waals surface area (Å²) in [6, 6.07) is 13.4. The van der Waals surface area contributed by atoms with E-state index in [4.69, 9.17) is 0 Å². The molecular weight excluding hydrogens is 203 g/mol. The molecule has 0 aliphatic carbocycles. The molecule has 0 fully saturated rings. The Balaban J connectivity index is 2.25. The van der Waals surface area contributed by atoms with Gasteiger partial charge in [0.15, 0.2) is 0 Å². The van der Waals surface area contributed by atoms with Crippen LogP contribution in [0.2, 0.25) is 0 Å². The third-order valence-corrected chi connectivity index (χ3v) is 2.23. The summed E-state index contributed by atoms with van der Waals surface area (Å²) >= 11 is 0. The maximum absolute atomic E-state index is 13.3. The van der Waals surface area contributed by atoms with Crippen molar-refractivity contribution in [2.45, 2.75) is 0 Å². The Hall–Kier alpha value is -2.09. The van der Waals surface area contributed by atoms with Gasteiger partial charge in [-0.3, -0.25) is 0 Å². The van der Waals surface area contributed by atoms with Crippen LogP contribution in [-0.2, 0) is 0 Å². The quantitative estimate of drug-likeness (QED) is 0.756. The summed E-state index contributed by atoms with van der Waals surface area (Å²) in [7, 11) is 0. The molecule has 0 saturated heterocycles. The Bertz CT molecular complexity index is 518. The second-order valence-electron chi connectivity index (χ2n) is 3.45. The van der Waals surface area contributed by atoms with Crippen LogP contribution in [0.4, 0.5) is 4.39 Å². The first-order valence-corrected chi connectivity index (χ1v) is 4.97. The van der Waals surface area contributed by atoms with Crippen molar-refractivity contribution in [3.8, 4) is 5.75 Å². The van der Waals surface area contributed by atoms with Gasteiger partial charge in [-0.1, -0.05) is 42.5 Å². The lowest BCUT2D eigenvalue weighted by atomic mass is 10.1. The summed E-state index contributed by atoms with van der Waals surface area (Å²) in [6.07, 6.45) is 3.45. The van der Waals surface area contributed by atoms with Gasteiger partial charge in [-0.15, -0.1) is 0 Å². The van der Waals surface area contributed by atoms with Gasteiger partial charge in [0, 0.05) is 5.56 Å². The fourth-order valence-corrected chi connectivity index (χ4v) is 1.42. The van der Waals surface area contributed by atoms with Gasteiger partial charge in [-0.05, 0) is 23.8 Å². The molecule has 0 bridgehead atoms. The molecule has 0 atom stereocenters. The van der Waals surface area contributed by atoms with Crippen molar-refractivity contribution >= 4 is 12.2 Å². The van der Waals surface area contributed by atoms with Crippen molar-refractivity contribution in [2.75, 3.05) is 0 Å². The van der Waals surface area contributed by atoms with E-state index in [9.17, 15) is 9.50 Å². The maximum atomic E-state index is 13.3. The van der Waals surface area contributed by atoms with Crippen LogP contribution in [0.25, 0.3) is 12.2 Å². The molecule has 0 saturated carbocycles. The number of aromatic hydroxyl groups is 1. The third-order valence-electron chi connectivity index (χ3n) is 2.23. The van der Waals surface area contributed by atoms with Crippen molar-refractivity contribution in [3.05, 3.63) is 65.5 Å². The fourth-order valence-electron chi connectivity index (χ4n) is 1.42. The Morgan fingerprint density at radius 2 is 1.75 bits per heavy atom. The Morgan fingerprint density at radius 1 is 0.938 bits per heavy atom. The number of phenolic OH excluding ortho intramolecular Hbond substituents is 1. The molecule has 0 aliphatic rings. The highest BCUT2D eigenvalue weighted by molar-refractivity contribution is 5.70. The monoisotopic (exact) mass is 214 g/mol. The molecular formula is C14H11FO. The predicted molar refractivity (Wildman–Crippen MR) is 63.4 cm³/mol. The van der Waals surface area contributed by atoms with Crippen molar-refractivity contribution in [3.63, 3.8) is 0 Å². The molecule has 0 spiro atoms. The van der Waals surface area contributed by atoms with Gasteiger partial charge < -0.3 is 5.11 Å². The van der Waals surface area contributed by atoms with Crippen LogP contribution >= 0.6 is 0 Å². The van der Waals surface area contributed by atoms with Gasteiger partial charge in [0.05, 0.1) is 0 Å². The zero-order valence-corrected chi connectivity index (χ0v) is 8.60. The van der Waals surface area contributed by atoms with Crippen LogP contribution in [0.3, 0.4) is 0 Å². The van der Waals surface area contributed by atoms with E-state index in [1.165, 1.54) is 6.07 Å². The molecule has 0 heterocycles. The Morgan fingerprint density at radius 3 is 2.50 bits per heavy atom. The number of rotatable bonds is 2. The Kier molecular flexibility index (Phi) is 3.01. The smallest absolute Gasteiger partial charge is 0.130 e. The maximum Gasteiger partial charge on any atom is 0.130 e. The van der Waals surface area contributed by atoms with Gasteiger partial charge in [0.1, 0.15) is 11.6 Å². The number of benzene rings is 2. The molecule has 2 heteroatoms. The first-order chi connectivity index (χ1) is 7.75. The molecule has 0 radical (unpaired) electrons. The van der Waals surface area contributed by atoms with Crippen molar-refractivity contribution < 1.29 is 9.50 Å². The van der Waals surface area contributed by atoms with E-state index in [0.29, 0.717) is 5.56 Å². The first-order valence-electron chi connectivity index (χ1n) is 4.97. The highest BCUT2D eigenvalue weighted by atomic mass is 19.1. The van der Waals surface area contributed by atoms with Gasteiger partial charge in [0.2, 0.25) is 0 Å². The minimum absolute atomic E-state index is 0.204. The summed E-state index contributed by atoms with van der Waals surface area (Å²) < 4.78 is 13.3. The van der Waals surface area contributed by atoms with E-state index in [1.807, 2.05) is 6.07 Å². The molecule has 0 aliphatic heterocycles. The first kappa shape index (κ1) is 10.4. The van der Waals surface area contributed by atoms with Gasteiger partial charge in [0.25, 0.3) is 0 Å². The predicted octanol–water partition coefficient (Wildman–Crippen LogP) is 3.70. The lowest BCUT2D eigenvalue weighted by molar-refractivity contribution is 0.475. The van der Waals surface area contributed by atoms with Gasteiger partial charge in [-0.2, -0.15) is 0 Å². The van der Waals surface area contributed by atoms with Crippen LogP contribution in [-0.4, -0.2) is 5.11 Å². The molecule has 2 rings (SSSR count). The number of hydrogen-bond acceptors (Lipinski definition) is 1. The zero-order valence-electron chi connectivity index (χ0n) is 8.60.